The molecule has 0 saturated carbocycles. The number of nitrogens with zero attached hydrogens (tertiary/aromatic N) is 4. The SMILES string of the molecule is COc1nccnc1C(C)C.CSc1nccnc1C. The fourth-order valence-electron chi connectivity index (χ4n) is 1.48. The Labute approximate surface area is 124 Å². The number of rotatable bonds is 3. The zero-order chi connectivity index (χ0) is 15.0. The van der Waals surface area contributed by atoms with E-state index >= 15 is 0 Å². The molecule has 108 valence electrons. The lowest BCUT2D eigenvalue weighted by molar-refractivity contribution is 0.386. The van der Waals surface area contributed by atoms with E-state index < -0.39 is 0 Å². The Hall–Kier alpha value is -1.69. The molecule has 2 rings (SSSR count). The number of methoxy groups -OCH3 is 1. The third-order valence-electron chi connectivity index (χ3n) is 2.46. The second kappa shape index (κ2) is 8.47. The van der Waals surface area contributed by atoms with Crippen LogP contribution in [0.4, 0.5) is 0 Å². The number of hydrogen-bond acceptors (Lipinski definition) is 6. The smallest absolute Gasteiger partial charge is 0.235 e. The Morgan fingerprint density at radius 3 is 2.05 bits per heavy atom. The summed E-state index contributed by atoms with van der Waals surface area (Å²) in [6, 6.07) is 0. The summed E-state index contributed by atoms with van der Waals surface area (Å²) in [6.45, 7) is 6.08. The first-order valence-electron chi connectivity index (χ1n) is 6.26. The number of ether oxygens (including phenoxy) is 1. The summed E-state index contributed by atoms with van der Waals surface area (Å²) in [5.74, 6) is 0.987. The standard InChI is InChI=1S/C8H12N2O.C6H8N2S/c1-6(2)7-8(11-3)10-5-4-9-7;1-5-6(9-2)8-4-3-7-5/h4-6H,1-3H3;3-4H,1-2H3. The van der Waals surface area contributed by atoms with Gasteiger partial charge in [-0.25, -0.2) is 9.97 Å². The molecule has 0 saturated heterocycles. The Balaban J connectivity index is 0.000000204. The van der Waals surface area contributed by atoms with Gasteiger partial charge in [0.05, 0.1) is 12.8 Å². The van der Waals surface area contributed by atoms with Gasteiger partial charge in [0, 0.05) is 30.7 Å². The van der Waals surface area contributed by atoms with Crippen molar-refractivity contribution in [3.63, 3.8) is 0 Å². The molecule has 0 spiro atoms. The fourth-order valence-corrected chi connectivity index (χ4v) is 2.00. The van der Waals surface area contributed by atoms with Crippen LogP contribution in [-0.4, -0.2) is 33.3 Å². The summed E-state index contributed by atoms with van der Waals surface area (Å²) in [5.41, 5.74) is 1.92. The van der Waals surface area contributed by atoms with Crippen LogP contribution in [0.25, 0.3) is 0 Å². The van der Waals surface area contributed by atoms with Gasteiger partial charge in [0.2, 0.25) is 5.88 Å². The lowest BCUT2D eigenvalue weighted by Gasteiger charge is -2.07. The van der Waals surface area contributed by atoms with E-state index in [0.717, 1.165) is 16.4 Å². The molecular weight excluding hydrogens is 272 g/mol. The minimum atomic E-state index is 0.360. The predicted octanol–water partition coefficient (Wildman–Crippen LogP) is 3.12. The lowest BCUT2D eigenvalue weighted by Crippen LogP contribution is -1.99. The highest BCUT2D eigenvalue weighted by molar-refractivity contribution is 7.98. The van der Waals surface area contributed by atoms with Gasteiger partial charge >= 0.3 is 0 Å². The number of thioether (sulfide) groups is 1. The molecule has 5 nitrogen and oxygen atoms in total. The van der Waals surface area contributed by atoms with Gasteiger partial charge in [-0.15, -0.1) is 11.8 Å². The van der Waals surface area contributed by atoms with Crippen molar-refractivity contribution in [2.45, 2.75) is 31.7 Å². The molecule has 0 atom stereocenters. The minimum Gasteiger partial charge on any atom is -0.480 e. The summed E-state index contributed by atoms with van der Waals surface area (Å²) in [7, 11) is 1.61. The van der Waals surface area contributed by atoms with Gasteiger partial charge in [0.15, 0.2) is 0 Å². The predicted molar refractivity (Wildman–Crippen MR) is 81.2 cm³/mol. The molecule has 6 heteroatoms. The monoisotopic (exact) mass is 292 g/mol. The van der Waals surface area contributed by atoms with Gasteiger partial charge in [-0.3, -0.25) is 9.97 Å². The van der Waals surface area contributed by atoms with Crippen molar-refractivity contribution in [3.05, 3.63) is 36.2 Å². The van der Waals surface area contributed by atoms with E-state index in [-0.39, 0.29) is 0 Å². The van der Waals surface area contributed by atoms with Crippen molar-refractivity contribution in [1.29, 1.82) is 0 Å². The summed E-state index contributed by atoms with van der Waals surface area (Å²) in [4.78, 5) is 16.4. The average molecular weight is 292 g/mol. The van der Waals surface area contributed by atoms with Crippen LogP contribution >= 0.6 is 11.8 Å². The van der Waals surface area contributed by atoms with Crippen LogP contribution in [0.3, 0.4) is 0 Å². The molecule has 2 heterocycles. The summed E-state index contributed by atoms with van der Waals surface area (Å²) in [5, 5.41) is 1.01. The second-order valence-corrected chi connectivity index (χ2v) is 5.05. The largest absolute Gasteiger partial charge is 0.480 e. The minimum absolute atomic E-state index is 0.360. The molecule has 0 aliphatic heterocycles. The third kappa shape index (κ3) is 4.77. The van der Waals surface area contributed by atoms with Gasteiger partial charge in [-0.2, -0.15) is 0 Å². The van der Waals surface area contributed by atoms with Crippen molar-refractivity contribution < 1.29 is 4.74 Å². The quantitative estimate of drug-likeness (QED) is 0.810. The average Bonchev–Trinajstić information content (AvgIpc) is 2.48. The van der Waals surface area contributed by atoms with Crippen LogP contribution in [0.1, 0.15) is 31.2 Å². The van der Waals surface area contributed by atoms with Crippen molar-refractivity contribution >= 4 is 11.8 Å². The molecule has 0 bridgehead atoms. The van der Waals surface area contributed by atoms with E-state index in [2.05, 4.69) is 33.8 Å². The highest BCUT2D eigenvalue weighted by Gasteiger charge is 2.07. The Kier molecular flexibility index (Phi) is 6.93. The van der Waals surface area contributed by atoms with Crippen molar-refractivity contribution in [1.82, 2.24) is 19.9 Å². The first-order valence-corrected chi connectivity index (χ1v) is 7.49. The zero-order valence-corrected chi connectivity index (χ0v) is 13.3. The zero-order valence-electron chi connectivity index (χ0n) is 12.5. The molecule has 2 aromatic rings. The molecule has 0 aliphatic carbocycles. The molecular formula is C14H20N4OS. The maximum Gasteiger partial charge on any atom is 0.235 e. The van der Waals surface area contributed by atoms with E-state index in [1.54, 1.807) is 43.7 Å². The first-order chi connectivity index (χ1) is 9.60. The third-order valence-corrected chi connectivity index (χ3v) is 3.25. The van der Waals surface area contributed by atoms with Crippen LogP contribution in [0.5, 0.6) is 5.88 Å². The molecule has 0 radical (unpaired) electrons. The molecule has 0 N–H and O–H groups in total. The van der Waals surface area contributed by atoms with Gasteiger partial charge < -0.3 is 4.74 Å². The van der Waals surface area contributed by atoms with E-state index in [1.165, 1.54) is 0 Å². The van der Waals surface area contributed by atoms with Crippen molar-refractivity contribution in [2.24, 2.45) is 0 Å². The number of aryl methyl sites for hydroxylation is 1. The Morgan fingerprint density at radius 1 is 1.00 bits per heavy atom. The second-order valence-electron chi connectivity index (χ2n) is 4.26. The molecule has 0 aromatic carbocycles. The fraction of sp³-hybridized carbons (Fsp3) is 0.429. The summed E-state index contributed by atoms with van der Waals surface area (Å²) < 4.78 is 5.03. The highest BCUT2D eigenvalue weighted by Crippen LogP contribution is 2.19. The number of hydrogen-bond donors (Lipinski definition) is 0. The van der Waals surface area contributed by atoms with E-state index in [4.69, 9.17) is 4.74 Å². The molecule has 0 unspecified atom stereocenters. The van der Waals surface area contributed by atoms with E-state index in [1.807, 2.05) is 13.2 Å². The van der Waals surface area contributed by atoms with Gasteiger partial charge in [-0.1, -0.05) is 13.8 Å². The highest BCUT2D eigenvalue weighted by atomic mass is 32.2. The lowest BCUT2D eigenvalue weighted by atomic mass is 10.1. The Bertz CT molecular complexity index is 534. The molecule has 0 fully saturated rings. The Morgan fingerprint density at radius 2 is 1.60 bits per heavy atom. The van der Waals surface area contributed by atoms with Crippen molar-refractivity contribution in [2.75, 3.05) is 13.4 Å². The van der Waals surface area contributed by atoms with Crippen LogP contribution in [0.15, 0.2) is 29.8 Å². The van der Waals surface area contributed by atoms with E-state index in [0.29, 0.717) is 11.8 Å². The van der Waals surface area contributed by atoms with Crippen LogP contribution in [-0.2, 0) is 0 Å². The molecule has 20 heavy (non-hydrogen) atoms. The van der Waals surface area contributed by atoms with E-state index in [9.17, 15) is 0 Å². The first kappa shape index (κ1) is 16.4. The maximum absolute atomic E-state index is 5.03. The van der Waals surface area contributed by atoms with Crippen molar-refractivity contribution in [3.8, 4) is 5.88 Å². The van der Waals surface area contributed by atoms with Crippen LogP contribution in [0, 0.1) is 6.92 Å². The molecule has 0 amide bonds. The summed E-state index contributed by atoms with van der Waals surface area (Å²) >= 11 is 1.62. The molecule has 0 aliphatic rings. The normalized spacial score (nSPS) is 9.90. The van der Waals surface area contributed by atoms with Crippen LogP contribution < -0.4 is 4.74 Å². The van der Waals surface area contributed by atoms with Crippen LogP contribution in [0.2, 0.25) is 0 Å². The summed E-state index contributed by atoms with van der Waals surface area (Å²) in [6.07, 6.45) is 8.72. The van der Waals surface area contributed by atoms with Gasteiger partial charge in [0.1, 0.15) is 10.7 Å². The molecule has 2 aromatic heterocycles. The van der Waals surface area contributed by atoms with Gasteiger partial charge in [-0.05, 0) is 13.2 Å². The number of aromatic nitrogens is 4. The van der Waals surface area contributed by atoms with Gasteiger partial charge in [0.25, 0.3) is 0 Å². The maximum atomic E-state index is 5.03. The topological polar surface area (TPSA) is 60.8 Å².